The summed E-state index contributed by atoms with van der Waals surface area (Å²) in [5.41, 5.74) is 2.35. The largest absolute Gasteiger partial charge is 0.478 e. The van der Waals surface area contributed by atoms with Crippen LogP contribution in [-0.2, 0) is 15.6 Å². The Bertz CT molecular complexity index is 2350. The lowest BCUT2D eigenvalue weighted by Gasteiger charge is -2.42. The van der Waals surface area contributed by atoms with E-state index in [0.717, 1.165) is 24.0 Å². The normalized spacial score (nSPS) is 17.5. The van der Waals surface area contributed by atoms with Crippen LogP contribution in [0.1, 0.15) is 132 Å². The maximum atomic E-state index is 14.5. The molecule has 4 aromatic rings. The number of hydrogen-bond acceptors (Lipinski definition) is 7. The van der Waals surface area contributed by atoms with Crippen molar-refractivity contribution >= 4 is 46.2 Å². The Morgan fingerprint density at radius 3 is 1.67 bits per heavy atom. The minimum atomic E-state index is -1.17. The third-order valence-corrected chi connectivity index (χ3v) is 10.5. The molecule has 3 aliphatic rings. The van der Waals surface area contributed by atoms with Crippen molar-refractivity contribution in [3.05, 3.63) is 152 Å². The fourth-order valence-electron chi connectivity index (χ4n) is 7.45. The first kappa shape index (κ1) is 33.5. The Morgan fingerprint density at radius 1 is 0.608 bits per heavy atom. The van der Waals surface area contributed by atoms with Gasteiger partial charge in [0.25, 0.3) is 0 Å². The van der Waals surface area contributed by atoms with Crippen molar-refractivity contribution in [1.29, 1.82) is 0 Å². The van der Waals surface area contributed by atoms with Crippen LogP contribution in [0.4, 0.5) is 0 Å². The Labute approximate surface area is 294 Å². The van der Waals surface area contributed by atoms with Gasteiger partial charge >= 0.3 is 11.9 Å². The predicted octanol–water partition coefficient (Wildman–Crippen LogP) is 8.23. The van der Waals surface area contributed by atoms with Crippen LogP contribution in [0.3, 0.4) is 0 Å². The van der Waals surface area contributed by atoms with Gasteiger partial charge < -0.3 is 9.84 Å². The predicted molar refractivity (Wildman–Crippen MR) is 190 cm³/mol. The van der Waals surface area contributed by atoms with Gasteiger partial charge in [-0.1, -0.05) is 82.3 Å². The van der Waals surface area contributed by atoms with E-state index in [1.165, 1.54) is 43.3 Å². The van der Waals surface area contributed by atoms with Crippen molar-refractivity contribution in [1.82, 2.24) is 0 Å². The minimum Gasteiger partial charge on any atom is -0.478 e. The zero-order chi connectivity index (χ0) is 36.6. The molecule has 0 spiro atoms. The number of hydrogen-bond donors (Lipinski definition) is 1. The van der Waals surface area contributed by atoms with Crippen molar-refractivity contribution in [3.63, 3.8) is 0 Å². The molecule has 0 fully saturated rings. The van der Waals surface area contributed by atoms with E-state index in [1.54, 1.807) is 48.5 Å². The molecule has 0 bridgehead atoms. The van der Waals surface area contributed by atoms with E-state index in [1.807, 2.05) is 0 Å². The minimum absolute atomic E-state index is 0.0308. The summed E-state index contributed by atoms with van der Waals surface area (Å²) in [4.78, 5) is 82.0. The number of carboxylic acids is 1. The average molecular weight is 679 g/mol. The van der Waals surface area contributed by atoms with Gasteiger partial charge in [-0.3, -0.25) is 19.2 Å². The summed E-state index contributed by atoms with van der Waals surface area (Å²) in [6.07, 6.45) is 1.75. The van der Waals surface area contributed by atoms with E-state index in [-0.39, 0.29) is 77.8 Å². The number of aromatic carboxylic acids is 1. The maximum absolute atomic E-state index is 14.5. The van der Waals surface area contributed by atoms with Gasteiger partial charge in [0.15, 0.2) is 23.1 Å². The van der Waals surface area contributed by atoms with Crippen LogP contribution in [-0.4, -0.2) is 40.2 Å². The third-order valence-electron chi connectivity index (χ3n) is 10.5. The number of carbonyl (C=O) groups is 6. The number of esters is 1. The lowest BCUT2D eigenvalue weighted by molar-refractivity contribution is 0.0587. The van der Waals surface area contributed by atoms with Crippen molar-refractivity contribution in [2.24, 2.45) is 0 Å². The molecule has 0 aliphatic heterocycles. The number of carboxylic acid groups (broad SMARTS) is 1. The third kappa shape index (κ3) is 5.30. The van der Waals surface area contributed by atoms with Crippen molar-refractivity contribution in [3.8, 4) is 0 Å². The van der Waals surface area contributed by atoms with E-state index in [4.69, 9.17) is 4.74 Å². The van der Waals surface area contributed by atoms with E-state index >= 15 is 0 Å². The summed E-state index contributed by atoms with van der Waals surface area (Å²) in [5, 5.41) is 9.50. The fourth-order valence-corrected chi connectivity index (χ4v) is 7.45. The molecule has 254 valence electrons. The van der Waals surface area contributed by atoms with Crippen LogP contribution in [0, 0.1) is 0 Å². The molecule has 7 rings (SSSR count). The second-order valence-corrected chi connectivity index (χ2v) is 14.6. The van der Waals surface area contributed by atoms with E-state index in [2.05, 4.69) is 27.7 Å². The number of ketones is 4. The van der Waals surface area contributed by atoms with Crippen LogP contribution in [0.2, 0.25) is 0 Å². The average Bonchev–Trinajstić information content (AvgIpc) is 3.11. The molecule has 0 amide bonds. The molecule has 3 aliphatic carbocycles. The molecule has 0 atom stereocenters. The Morgan fingerprint density at radius 2 is 1.10 bits per heavy atom. The molecule has 0 heterocycles. The van der Waals surface area contributed by atoms with Gasteiger partial charge in [0, 0.05) is 39.0 Å². The summed E-state index contributed by atoms with van der Waals surface area (Å²) in [6, 6.07) is 21.6. The standard InChI is InChI=1S/C43H34O8/c1-22-33(36(45)27-12-8-7-11-26(27)35(22)44)25-10-6-9-13-28(25)41(50)51-39-34(23-14-16-24(17-15-23)40(48)49)37(46)29-20-31-32(21-30(29)38(39)47)43(4,5)19-18-42(31,2)3/h6-17,20-21H,18-19H2,1-5H3,(H,48,49). The number of carbonyl (C=O) groups excluding carboxylic acids is 5. The molecule has 0 saturated carbocycles. The number of benzene rings is 4. The zero-order valence-electron chi connectivity index (χ0n) is 28.8. The molecule has 1 N–H and O–H groups in total. The van der Waals surface area contributed by atoms with Crippen LogP contribution >= 0.6 is 0 Å². The van der Waals surface area contributed by atoms with Gasteiger partial charge in [-0.2, -0.15) is 0 Å². The van der Waals surface area contributed by atoms with Gasteiger partial charge in [0.05, 0.1) is 16.7 Å². The number of Topliss-reactive ketones (excluding diaryl/α,β-unsaturated/α-hetero) is 4. The quantitative estimate of drug-likeness (QED) is 0.209. The summed E-state index contributed by atoms with van der Waals surface area (Å²) in [7, 11) is 0. The fraction of sp³-hybridized carbons (Fsp3) is 0.209. The SMILES string of the molecule is CC1=C(c2ccccc2C(=O)OC2=C(c3ccc(C(=O)O)cc3)C(=O)c3cc4c(cc3C2=O)C(C)(C)CCC4(C)C)C(=O)c2ccccc2C1=O. The van der Waals surface area contributed by atoms with Crippen LogP contribution in [0.25, 0.3) is 11.1 Å². The second-order valence-electron chi connectivity index (χ2n) is 14.6. The van der Waals surface area contributed by atoms with Crippen molar-refractivity contribution < 1.29 is 38.6 Å². The van der Waals surface area contributed by atoms with E-state index in [9.17, 15) is 33.9 Å². The molecular weight excluding hydrogens is 644 g/mol. The molecule has 51 heavy (non-hydrogen) atoms. The summed E-state index contributed by atoms with van der Waals surface area (Å²) in [6.45, 7) is 9.93. The lowest BCUT2D eigenvalue weighted by Crippen LogP contribution is -2.35. The topological polar surface area (TPSA) is 132 Å². The summed E-state index contributed by atoms with van der Waals surface area (Å²) < 4.78 is 5.93. The van der Waals surface area contributed by atoms with Gasteiger partial charge in [-0.15, -0.1) is 0 Å². The Balaban J connectivity index is 1.38. The van der Waals surface area contributed by atoms with Gasteiger partial charge in [-0.25, -0.2) is 9.59 Å². The van der Waals surface area contributed by atoms with Gasteiger partial charge in [-0.05, 0) is 77.6 Å². The number of allylic oxidation sites excluding steroid dienone is 4. The smallest absolute Gasteiger partial charge is 0.344 e. The van der Waals surface area contributed by atoms with Crippen molar-refractivity contribution in [2.75, 3.05) is 0 Å². The molecule has 0 radical (unpaired) electrons. The Kier molecular flexibility index (Phi) is 7.74. The molecule has 0 saturated heterocycles. The van der Waals surface area contributed by atoms with E-state index < -0.39 is 35.0 Å². The number of fused-ring (bicyclic) bond motifs is 3. The monoisotopic (exact) mass is 678 g/mol. The molecular formula is C43H34O8. The van der Waals surface area contributed by atoms with E-state index in [0.29, 0.717) is 0 Å². The highest BCUT2D eigenvalue weighted by Gasteiger charge is 2.43. The van der Waals surface area contributed by atoms with Crippen LogP contribution in [0.5, 0.6) is 0 Å². The van der Waals surface area contributed by atoms with Crippen LogP contribution in [0.15, 0.2) is 96.3 Å². The van der Waals surface area contributed by atoms with Gasteiger partial charge in [0.1, 0.15) is 0 Å². The highest BCUT2D eigenvalue weighted by Crippen LogP contribution is 2.48. The summed E-state index contributed by atoms with van der Waals surface area (Å²) >= 11 is 0. The lowest BCUT2D eigenvalue weighted by atomic mass is 9.62. The van der Waals surface area contributed by atoms with Gasteiger partial charge in [0.2, 0.25) is 5.78 Å². The van der Waals surface area contributed by atoms with Crippen LogP contribution < -0.4 is 0 Å². The van der Waals surface area contributed by atoms with Crippen molar-refractivity contribution in [2.45, 2.75) is 58.3 Å². The summed E-state index contributed by atoms with van der Waals surface area (Å²) in [5.74, 6) is -4.70. The highest BCUT2D eigenvalue weighted by molar-refractivity contribution is 6.42. The first-order valence-electron chi connectivity index (χ1n) is 16.7. The number of rotatable bonds is 5. The molecule has 4 aromatic carbocycles. The zero-order valence-corrected chi connectivity index (χ0v) is 28.8. The number of ether oxygens (including phenoxy) is 1. The maximum Gasteiger partial charge on any atom is 0.344 e. The first-order chi connectivity index (χ1) is 24.1. The first-order valence-corrected chi connectivity index (χ1v) is 16.7. The molecule has 8 nitrogen and oxygen atoms in total. The molecule has 8 heteroatoms. The molecule has 0 aromatic heterocycles. The Hall–Kier alpha value is -6.02. The molecule has 0 unspecified atom stereocenters. The highest BCUT2D eigenvalue weighted by atomic mass is 16.5. The second kappa shape index (κ2) is 11.8.